The normalized spacial score (nSPS) is 17.6. The average molecular weight is 511 g/mol. The monoisotopic (exact) mass is 510 g/mol. The molecule has 35 heavy (non-hydrogen) atoms. The summed E-state index contributed by atoms with van der Waals surface area (Å²) in [5, 5.41) is 4.67. The van der Waals surface area contributed by atoms with Crippen LogP contribution in [0.1, 0.15) is 22.1 Å². The summed E-state index contributed by atoms with van der Waals surface area (Å²) < 4.78 is 8.81. The van der Waals surface area contributed by atoms with Gasteiger partial charge in [-0.05, 0) is 26.2 Å². The van der Waals surface area contributed by atoms with E-state index in [1.807, 2.05) is 20.0 Å². The molecule has 0 aliphatic carbocycles. The van der Waals surface area contributed by atoms with Crippen LogP contribution in [0.25, 0.3) is 16.0 Å². The maximum atomic E-state index is 5.57. The molecule has 2 aliphatic rings. The van der Waals surface area contributed by atoms with E-state index in [9.17, 15) is 0 Å². The van der Waals surface area contributed by atoms with Crippen LogP contribution in [0.5, 0.6) is 0 Å². The number of piperazine rings is 1. The van der Waals surface area contributed by atoms with Gasteiger partial charge in [-0.15, -0.1) is 22.7 Å². The van der Waals surface area contributed by atoms with Gasteiger partial charge in [-0.3, -0.25) is 9.47 Å². The number of aryl methyl sites for hydroxylation is 3. The number of rotatable bonds is 5. The fraction of sp³-hybridized carbons (Fsp3) is 0.500. The summed E-state index contributed by atoms with van der Waals surface area (Å²) in [6.45, 7) is 14.2. The van der Waals surface area contributed by atoms with Crippen LogP contribution in [-0.2, 0) is 11.3 Å². The fourth-order valence-corrected chi connectivity index (χ4v) is 6.62. The van der Waals surface area contributed by atoms with E-state index in [0.717, 1.165) is 84.3 Å². The molecule has 2 fully saturated rings. The number of ether oxygens (including phenoxy) is 1. The third-order valence-electron chi connectivity index (χ3n) is 6.67. The molecule has 11 heteroatoms. The zero-order chi connectivity index (χ0) is 23.9. The molecule has 6 heterocycles. The molecule has 0 N–H and O–H groups in total. The zero-order valence-corrected chi connectivity index (χ0v) is 22.0. The summed E-state index contributed by atoms with van der Waals surface area (Å²) in [4.78, 5) is 26.4. The standard InChI is InChI=1S/C24H30N8OS2/c1-16-13-32(17(2)26-16)23-22-21(27-24(28-23)31-8-10-33-11-9-31)19(15-34-22)14-29-4-6-30(7-5-29)20-12-25-18(3)35-20/h12-13,15H,4-11,14H2,1-3H3. The Morgan fingerprint density at radius 1 is 0.943 bits per heavy atom. The molecule has 0 unspecified atom stereocenters. The Hall–Kier alpha value is -2.60. The zero-order valence-electron chi connectivity index (χ0n) is 20.4. The van der Waals surface area contributed by atoms with E-state index in [4.69, 9.17) is 14.7 Å². The number of hydrogen-bond acceptors (Lipinski definition) is 10. The summed E-state index contributed by atoms with van der Waals surface area (Å²) in [5.41, 5.74) is 3.33. The quantitative estimate of drug-likeness (QED) is 0.404. The van der Waals surface area contributed by atoms with Gasteiger partial charge >= 0.3 is 0 Å². The molecule has 0 radical (unpaired) electrons. The lowest BCUT2D eigenvalue weighted by Crippen LogP contribution is -2.45. The highest BCUT2D eigenvalue weighted by Gasteiger charge is 2.24. The molecule has 0 aromatic carbocycles. The number of anilines is 2. The Morgan fingerprint density at radius 3 is 2.43 bits per heavy atom. The second kappa shape index (κ2) is 9.45. The van der Waals surface area contributed by atoms with Crippen molar-refractivity contribution in [2.75, 3.05) is 62.3 Å². The van der Waals surface area contributed by atoms with E-state index in [1.165, 1.54) is 10.6 Å². The van der Waals surface area contributed by atoms with Crippen molar-refractivity contribution >= 4 is 43.8 Å². The third kappa shape index (κ3) is 4.53. The van der Waals surface area contributed by atoms with Crippen LogP contribution in [0.4, 0.5) is 10.9 Å². The Kier molecular flexibility index (Phi) is 6.17. The minimum absolute atomic E-state index is 0.708. The highest BCUT2D eigenvalue weighted by molar-refractivity contribution is 7.17. The maximum Gasteiger partial charge on any atom is 0.228 e. The topological polar surface area (TPSA) is 75.4 Å². The summed E-state index contributed by atoms with van der Waals surface area (Å²) in [7, 11) is 0. The number of thiophene rings is 1. The van der Waals surface area contributed by atoms with Gasteiger partial charge in [0.1, 0.15) is 10.8 Å². The summed E-state index contributed by atoms with van der Waals surface area (Å²) in [6.07, 6.45) is 4.08. The van der Waals surface area contributed by atoms with E-state index in [1.54, 1.807) is 22.7 Å². The first-order valence-corrected chi connectivity index (χ1v) is 13.8. The van der Waals surface area contributed by atoms with Crippen molar-refractivity contribution in [1.82, 2.24) is 29.4 Å². The Bertz CT molecular complexity index is 1330. The third-order valence-corrected chi connectivity index (χ3v) is 8.66. The van der Waals surface area contributed by atoms with Gasteiger partial charge in [0.15, 0.2) is 5.82 Å². The first-order valence-electron chi connectivity index (χ1n) is 12.1. The highest BCUT2D eigenvalue weighted by Crippen LogP contribution is 2.33. The second-order valence-corrected chi connectivity index (χ2v) is 11.3. The van der Waals surface area contributed by atoms with Crippen molar-refractivity contribution in [1.29, 1.82) is 0 Å². The molecule has 184 valence electrons. The Morgan fingerprint density at radius 2 is 1.74 bits per heavy atom. The summed E-state index contributed by atoms with van der Waals surface area (Å²) in [6, 6.07) is 0. The maximum absolute atomic E-state index is 5.57. The molecule has 2 aliphatic heterocycles. The number of fused-ring (bicyclic) bond motifs is 1. The van der Waals surface area contributed by atoms with E-state index in [-0.39, 0.29) is 0 Å². The van der Waals surface area contributed by atoms with E-state index in [0.29, 0.717) is 13.2 Å². The van der Waals surface area contributed by atoms with Crippen LogP contribution in [0.3, 0.4) is 0 Å². The molecular formula is C24H30N8OS2. The lowest BCUT2D eigenvalue weighted by Gasteiger charge is -2.35. The molecule has 2 saturated heterocycles. The predicted octanol–water partition coefficient (Wildman–Crippen LogP) is 3.42. The molecule has 0 amide bonds. The average Bonchev–Trinajstić information content (AvgIpc) is 3.58. The van der Waals surface area contributed by atoms with Crippen LogP contribution < -0.4 is 9.80 Å². The molecule has 6 rings (SSSR count). The minimum atomic E-state index is 0.708. The SMILES string of the molecule is Cc1cn(-c2nc(N3CCOCC3)nc3c(CN4CCN(c5cnc(C)s5)CC4)csc23)c(C)n1. The largest absolute Gasteiger partial charge is 0.378 e. The lowest BCUT2D eigenvalue weighted by atomic mass is 10.2. The van der Waals surface area contributed by atoms with Gasteiger partial charge in [0.2, 0.25) is 5.95 Å². The first-order chi connectivity index (χ1) is 17.0. The Balaban J connectivity index is 1.30. The highest BCUT2D eigenvalue weighted by atomic mass is 32.1. The predicted molar refractivity (Wildman–Crippen MR) is 141 cm³/mol. The van der Waals surface area contributed by atoms with Gasteiger partial charge in [0.05, 0.1) is 40.3 Å². The fourth-order valence-electron chi connectivity index (χ4n) is 4.82. The van der Waals surface area contributed by atoms with Crippen molar-refractivity contribution in [3.05, 3.63) is 39.9 Å². The van der Waals surface area contributed by atoms with Crippen LogP contribution >= 0.6 is 22.7 Å². The van der Waals surface area contributed by atoms with Crippen molar-refractivity contribution in [2.45, 2.75) is 27.3 Å². The van der Waals surface area contributed by atoms with Crippen LogP contribution in [0, 0.1) is 20.8 Å². The minimum Gasteiger partial charge on any atom is -0.378 e. The molecule has 4 aromatic heterocycles. The van der Waals surface area contributed by atoms with Crippen LogP contribution in [0.15, 0.2) is 17.8 Å². The van der Waals surface area contributed by atoms with E-state index < -0.39 is 0 Å². The summed E-state index contributed by atoms with van der Waals surface area (Å²) in [5.74, 6) is 2.66. The van der Waals surface area contributed by atoms with E-state index >= 15 is 0 Å². The molecular weight excluding hydrogens is 480 g/mol. The Labute approximate surface area is 213 Å². The van der Waals surface area contributed by atoms with Crippen molar-refractivity contribution in [3.63, 3.8) is 0 Å². The van der Waals surface area contributed by atoms with Gasteiger partial charge in [-0.25, -0.2) is 15.0 Å². The lowest BCUT2D eigenvalue weighted by molar-refractivity contribution is 0.122. The number of imidazole rings is 1. The van der Waals surface area contributed by atoms with Crippen molar-refractivity contribution in [2.24, 2.45) is 0 Å². The van der Waals surface area contributed by atoms with Gasteiger partial charge in [0.25, 0.3) is 0 Å². The van der Waals surface area contributed by atoms with Crippen molar-refractivity contribution < 1.29 is 4.74 Å². The number of hydrogen-bond donors (Lipinski definition) is 0. The number of morpholine rings is 1. The number of thiazole rings is 1. The molecule has 4 aromatic rings. The molecule has 0 atom stereocenters. The van der Waals surface area contributed by atoms with Gasteiger partial charge < -0.3 is 14.5 Å². The molecule has 0 spiro atoms. The van der Waals surface area contributed by atoms with Gasteiger partial charge in [-0.1, -0.05) is 0 Å². The van der Waals surface area contributed by atoms with Crippen molar-refractivity contribution in [3.8, 4) is 5.82 Å². The molecule has 0 bridgehead atoms. The van der Waals surface area contributed by atoms with Crippen LogP contribution in [0.2, 0.25) is 0 Å². The van der Waals surface area contributed by atoms with E-state index in [2.05, 4.69) is 47.7 Å². The molecule has 0 saturated carbocycles. The second-order valence-electron chi connectivity index (χ2n) is 9.17. The van der Waals surface area contributed by atoms with Gasteiger partial charge in [0, 0.05) is 57.6 Å². The van der Waals surface area contributed by atoms with Gasteiger partial charge in [-0.2, -0.15) is 4.98 Å². The number of aromatic nitrogens is 5. The summed E-state index contributed by atoms with van der Waals surface area (Å²) >= 11 is 3.52. The molecule has 9 nitrogen and oxygen atoms in total. The van der Waals surface area contributed by atoms with Crippen LogP contribution in [-0.4, -0.2) is 81.9 Å². The smallest absolute Gasteiger partial charge is 0.228 e. The first kappa shape index (κ1) is 22.8. The number of nitrogens with zero attached hydrogens (tertiary/aromatic N) is 8.